The van der Waals surface area contributed by atoms with Crippen molar-refractivity contribution in [1.29, 1.82) is 0 Å². The fourth-order valence-electron chi connectivity index (χ4n) is 0.464. The number of hydrogen-bond acceptors (Lipinski definition) is 2. The fraction of sp³-hybridized carbons (Fsp3) is 1.00. The lowest BCUT2D eigenvalue weighted by molar-refractivity contribution is 0.195. The zero-order chi connectivity index (χ0) is 8.20. The van der Waals surface area contributed by atoms with Crippen LogP contribution in [0, 0.1) is 0 Å². The third kappa shape index (κ3) is 6.43. The van der Waals surface area contributed by atoms with Crippen molar-refractivity contribution in [3.05, 3.63) is 0 Å². The van der Waals surface area contributed by atoms with Gasteiger partial charge in [-0.2, -0.15) is 11.8 Å². The zero-order valence-corrected chi connectivity index (χ0v) is 8.16. The minimum atomic E-state index is -0.121. The maximum absolute atomic E-state index is 9.20. The predicted octanol–water partition coefficient (Wildman–Crippen LogP) is 2.29. The molecule has 0 amide bonds. The first-order valence-corrected chi connectivity index (χ1v) is 4.76. The molecule has 0 aliphatic rings. The van der Waals surface area contributed by atoms with Crippen LogP contribution in [0.2, 0.25) is 0 Å². The summed E-state index contributed by atoms with van der Waals surface area (Å²) in [6, 6.07) is 0. The van der Waals surface area contributed by atoms with Crippen LogP contribution in [0.5, 0.6) is 0 Å². The van der Waals surface area contributed by atoms with Crippen molar-refractivity contribution in [2.24, 2.45) is 0 Å². The molecule has 1 atom stereocenters. The third-order valence-corrected chi connectivity index (χ3v) is 2.60. The van der Waals surface area contributed by atoms with Crippen molar-refractivity contribution in [1.82, 2.24) is 0 Å². The van der Waals surface area contributed by atoms with E-state index in [0.717, 1.165) is 12.2 Å². The molecule has 0 radical (unpaired) electrons. The quantitative estimate of drug-likeness (QED) is 0.687. The normalized spacial score (nSPS) is 15.3. The van der Waals surface area contributed by atoms with Gasteiger partial charge in [0.15, 0.2) is 0 Å². The molecule has 0 bridgehead atoms. The van der Waals surface area contributed by atoms with Gasteiger partial charge in [-0.25, -0.2) is 0 Å². The molecule has 1 nitrogen and oxygen atoms in total. The summed E-state index contributed by atoms with van der Waals surface area (Å²) in [7, 11) is 0. The summed E-state index contributed by atoms with van der Waals surface area (Å²) in [5.74, 6) is 0.861. The maximum Gasteiger partial charge on any atom is 0.0628 e. The SMILES string of the molecule is CC[C@@H](O)CSC(C)(C)C. The summed E-state index contributed by atoms with van der Waals surface area (Å²) < 4.78 is 0.288. The first-order chi connectivity index (χ1) is 4.45. The summed E-state index contributed by atoms with van der Waals surface area (Å²) in [5.41, 5.74) is 0. The van der Waals surface area contributed by atoms with Crippen molar-refractivity contribution in [3.8, 4) is 0 Å². The summed E-state index contributed by atoms with van der Waals surface area (Å²) in [6.45, 7) is 8.51. The molecule has 62 valence electrons. The molecule has 2 heteroatoms. The summed E-state index contributed by atoms with van der Waals surface area (Å²) in [4.78, 5) is 0. The van der Waals surface area contributed by atoms with Crippen LogP contribution < -0.4 is 0 Å². The van der Waals surface area contributed by atoms with Gasteiger partial charge in [-0.15, -0.1) is 0 Å². The fourth-order valence-corrected chi connectivity index (χ4v) is 1.39. The van der Waals surface area contributed by atoms with E-state index >= 15 is 0 Å². The largest absolute Gasteiger partial charge is 0.392 e. The van der Waals surface area contributed by atoms with Gasteiger partial charge >= 0.3 is 0 Å². The highest BCUT2D eigenvalue weighted by atomic mass is 32.2. The Kier molecular flexibility index (Phi) is 4.37. The van der Waals surface area contributed by atoms with Crippen molar-refractivity contribution in [2.45, 2.75) is 45.0 Å². The minimum absolute atomic E-state index is 0.121. The molecule has 0 saturated heterocycles. The van der Waals surface area contributed by atoms with Gasteiger partial charge in [-0.3, -0.25) is 0 Å². The van der Waals surface area contributed by atoms with Gasteiger partial charge in [0.25, 0.3) is 0 Å². The Labute approximate surface area is 68.2 Å². The van der Waals surface area contributed by atoms with Crippen molar-refractivity contribution < 1.29 is 5.11 Å². The van der Waals surface area contributed by atoms with Crippen molar-refractivity contribution in [3.63, 3.8) is 0 Å². The Hall–Kier alpha value is 0.310. The summed E-state index contributed by atoms with van der Waals surface area (Å²) in [6.07, 6.45) is 0.743. The number of rotatable bonds is 3. The Bertz CT molecular complexity index is 85.7. The zero-order valence-electron chi connectivity index (χ0n) is 7.35. The van der Waals surface area contributed by atoms with E-state index in [2.05, 4.69) is 20.8 Å². The lowest BCUT2D eigenvalue weighted by atomic mass is 10.3. The van der Waals surface area contributed by atoms with Gasteiger partial charge in [0.05, 0.1) is 6.10 Å². The van der Waals surface area contributed by atoms with E-state index in [-0.39, 0.29) is 10.9 Å². The van der Waals surface area contributed by atoms with E-state index in [4.69, 9.17) is 0 Å². The molecule has 0 fully saturated rings. The highest BCUT2D eigenvalue weighted by Gasteiger charge is 2.12. The molecule has 0 aromatic carbocycles. The Morgan fingerprint density at radius 3 is 2.20 bits per heavy atom. The van der Waals surface area contributed by atoms with Gasteiger partial charge in [-0.05, 0) is 6.42 Å². The van der Waals surface area contributed by atoms with Crippen molar-refractivity contribution >= 4 is 11.8 Å². The predicted molar refractivity (Wildman–Crippen MR) is 48.5 cm³/mol. The average Bonchev–Trinajstić information content (AvgIpc) is 1.81. The highest BCUT2D eigenvalue weighted by Crippen LogP contribution is 2.23. The molecule has 0 rings (SSSR count). The molecule has 0 aliphatic carbocycles. The van der Waals surface area contributed by atoms with Crippen LogP contribution in [-0.2, 0) is 0 Å². The molecule has 0 unspecified atom stereocenters. The standard InChI is InChI=1S/C8H18OS/c1-5-7(9)6-10-8(2,3)4/h7,9H,5-6H2,1-4H3/t7-/m1/s1. The van der Waals surface area contributed by atoms with Crippen LogP contribution in [0.3, 0.4) is 0 Å². The second-order valence-electron chi connectivity index (χ2n) is 3.49. The first kappa shape index (κ1) is 10.3. The van der Waals surface area contributed by atoms with Crippen LogP contribution in [0.15, 0.2) is 0 Å². The molecule has 0 heterocycles. The molecular formula is C8H18OS. The lowest BCUT2D eigenvalue weighted by Gasteiger charge is -2.19. The van der Waals surface area contributed by atoms with E-state index in [1.54, 1.807) is 0 Å². The molecule has 0 aromatic heterocycles. The Balaban J connectivity index is 3.36. The van der Waals surface area contributed by atoms with Crippen LogP contribution in [-0.4, -0.2) is 21.7 Å². The molecule has 0 spiro atoms. The number of aliphatic hydroxyl groups excluding tert-OH is 1. The second-order valence-corrected chi connectivity index (χ2v) is 5.33. The van der Waals surface area contributed by atoms with E-state index in [0.29, 0.717) is 0 Å². The first-order valence-electron chi connectivity index (χ1n) is 3.77. The third-order valence-electron chi connectivity index (χ3n) is 1.18. The average molecular weight is 162 g/mol. The molecule has 0 saturated carbocycles. The van der Waals surface area contributed by atoms with Gasteiger partial charge in [-0.1, -0.05) is 27.7 Å². The summed E-state index contributed by atoms with van der Waals surface area (Å²) >= 11 is 1.82. The number of hydrogen-bond donors (Lipinski definition) is 1. The minimum Gasteiger partial charge on any atom is -0.392 e. The summed E-state index contributed by atoms with van der Waals surface area (Å²) in [5, 5.41) is 9.20. The van der Waals surface area contributed by atoms with Gasteiger partial charge in [0.1, 0.15) is 0 Å². The highest BCUT2D eigenvalue weighted by molar-refractivity contribution is 8.00. The lowest BCUT2D eigenvalue weighted by Crippen LogP contribution is -2.15. The Morgan fingerprint density at radius 2 is 1.90 bits per heavy atom. The van der Waals surface area contributed by atoms with E-state index < -0.39 is 0 Å². The van der Waals surface area contributed by atoms with Gasteiger partial charge in [0.2, 0.25) is 0 Å². The molecule has 0 aromatic rings. The number of thioether (sulfide) groups is 1. The van der Waals surface area contributed by atoms with Crippen LogP contribution in [0.1, 0.15) is 34.1 Å². The molecular weight excluding hydrogens is 144 g/mol. The van der Waals surface area contributed by atoms with Crippen LogP contribution in [0.4, 0.5) is 0 Å². The monoisotopic (exact) mass is 162 g/mol. The molecule has 0 aliphatic heterocycles. The maximum atomic E-state index is 9.20. The molecule has 1 N–H and O–H groups in total. The smallest absolute Gasteiger partial charge is 0.0628 e. The topological polar surface area (TPSA) is 20.2 Å². The van der Waals surface area contributed by atoms with E-state index in [9.17, 15) is 5.11 Å². The Morgan fingerprint density at radius 1 is 1.40 bits per heavy atom. The van der Waals surface area contributed by atoms with Crippen LogP contribution in [0.25, 0.3) is 0 Å². The van der Waals surface area contributed by atoms with Gasteiger partial charge in [0, 0.05) is 10.5 Å². The second kappa shape index (κ2) is 4.24. The van der Waals surface area contributed by atoms with Crippen LogP contribution >= 0.6 is 11.8 Å². The number of aliphatic hydroxyl groups is 1. The van der Waals surface area contributed by atoms with Gasteiger partial charge < -0.3 is 5.11 Å². The van der Waals surface area contributed by atoms with E-state index in [1.165, 1.54) is 0 Å². The van der Waals surface area contributed by atoms with Crippen molar-refractivity contribution in [2.75, 3.05) is 5.75 Å². The van der Waals surface area contributed by atoms with E-state index in [1.807, 2.05) is 18.7 Å². The molecule has 10 heavy (non-hydrogen) atoms.